The highest BCUT2D eigenvalue weighted by atomic mass is 15.1. The summed E-state index contributed by atoms with van der Waals surface area (Å²) in [5.41, 5.74) is 7.62. The molecule has 8 aromatic carbocycles. The maximum absolute atomic E-state index is 9.49. The lowest BCUT2D eigenvalue weighted by atomic mass is 9.84. The zero-order valence-corrected chi connectivity index (χ0v) is 26.0. The van der Waals surface area contributed by atoms with E-state index in [0.29, 0.717) is 22.3 Å². The fraction of sp³-hybridized carbons (Fsp3) is 0.0217. The van der Waals surface area contributed by atoms with Gasteiger partial charge in [-0.15, -0.1) is 0 Å². The summed E-state index contributed by atoms with van der Waals surface area (Å²) >= 11 is 0. The summed E-state index contributed by atoms with van der Waals surface area (Å²) in [6.07, 6.45) is 0. The molecule has 0 bridgehead atoms. The van der Waals surface area contributed by atoms with Crippen LogP contribution in [0.5, 0.6) is 0 Å². The van der Waals surface area contributed by atoms with E-state index in [1.165, 1.54) is 0 Å². The fourth-order valence-electron chi connectivity index (χ4n) is 6.84. The summed E-state index contributed by atoms with van der Waals surface area (Å²) < 4.78 is 75.5. The maximum atomic E-state index is 9.49. The van der Waals surface area contributed by atoms with Crippen LogP contribution < -0.4 is 0 Å². The van der Waals surface area contributed by atoms with Gasteiger partial charge in [0.1, 0.15) is 5.82 Å². The molecule has 226 valence electrons. The van der Waals surface area contributed by atoms with Crippen LogP contribution in [0.3, 0.4) is 0 Å². The van der Waals surface area contributed by atoms with Crippen LogP contribution >= 0.6 is 0 Å². The summed E-state index contributed by atoms with van der Waals surface area (Å²) in [7, 11) is 0. The molecule has 1 aromatic heterocycles. The zero-order valence-electron chi connectivity index (χ0n) is 34.0. The van der Waals surface area contributed by atoms with Crippen molar-refractivity contribution < 1.29 is 11.0 Å². The Bertz CT molecular complexity index is 2930. The average Bonchev–Trinajstić information content (AvgIpc) is 3.58. The Labute approximate surface area is 291 Å². The normalized spacial score (nSPS) is 13.8. The van der Waals surface area contributed by atoms with Gasteiger partial charge in [-0.05, 0) is 115 Å². The second kappa shape index (κ2) is 11.5. The van der Waals surface area contributed by atoms with Crippen LogP contribution in [0.4, 0.5) is 0 Å². The molecule has 2 heteroatoms. The maximum Gasteiger partial charge on any atom is 0.111 e. The van der Waals surface area contributed by atoms with Crippen LogP contribution in [0.2, 0.25) is 0 Å². The fourth-order valence-corrected chi connectivity index (χ4v) is 6.84. The molecule has 0 spiro atoms. The van der Waals surface area contributed by atoms with Gasteiger partial charge in [-0.3, -0.25) is 4.57 Å². The molecule has 9 rings (SSSR count). The molecule has 0 aliphatic heterocycles. The average molecular weight is 621 g/mol. The van der Waals surface area contributed by atoms with E-state index in [0.717, 1.165) is 44.8 Å². The second-order valence-corrected chi connectivity index (χ2v) is 11.8. The molecule has 0 radical (unpaired) electrons. The molecule has 48 heavy (non-hydrogen) atoms. The summed E-state index contributed by atoms with van der Waals surface area (Å²) in [6, 6.07) is 37.8. The third-order valence-electron chi connectivity index (χ3n) is 8.93. The van der Waals surface area contributed by atoms with Gasteiger partial charge in [-0.1, -0.05) is 133 Å². The molecule has 9 aromatic rings. The summed E-state index contributed by atoms with van der Waals surface area (Å²) in [5, 5.41) is 0.670. The van der Waals surface area contributed by atoms with Crippen LogP contribution in [0, 0.1) is 6.92 Å². The van der Waals surface area contributed by atoms with Gasteiger partial charge in [-0.2, -0.15) is 0 Å². The molecule has 0 saturated carbocycles. The highest BCUT2D eigenvalue weighted by molar-refractivity contribution is 6.21. The lowest BCUT2D eigenvalue weighted by molar-refractivity contribution is 1.00. The minimum atomic E-state index is -0.439. The van der Waals surface area contributed by atoms with Crippen LogP contribution in [0.25, 0.3) is 82.8 Å². The molecule has 0 aliphatic carbocycles. The largest absolute Gasteiger partial charge is 0.297 e. The van der Waals surface area contributed by atoms with E-state index in [4.69, 9.17) is 10.5 Å². The van der Waals surface area contributed by atoms with E-state index in [1.54, 1.807) is 0 Å². The Kier molecular flexibility index (Phi) is 4.99. The van der Waals surface area contributed by atoms with Gasteiger partial charge in [0, 0.05) is 5.69 Å². The van der Waals surface area contributed by atoms with Crippen LogP contribution in [-0.4, -0.2) is 9.55 Å². The van der Waals surface area contributed by atoms with Crippen molar-refractivity contribution in [2.75, 3.05) is 0 Å². The molecule has 0 unspecified atom stereocenters. The summed E-state index contributed by atoms with van der Waals surface area (Å²) in [4.78, 5) is 4.75. The van der Waals surface area contributed by atoms with Crippen molar-refractivity contribution in [3.05, 3.63) is 182 Å². The number of hydrogen-bond donors (Lipinski definition) is 0. The van der Waals surface area contributed by atoms with Crippen molar-refractivity contribution in [3.8, 4) is 50.2 Å². The number of nitrogens with zero attached hydrogens (tertiary/aromatic N) is 2. The number of aryl methyl sites for hydroxylation is 1. The lowest BCUT2D eigenvalue weighted by Crippen LogP contribution is -1.97. The Balaban J connectivity index is 1.48. The van der Waals surface area contributed by atoms with Gasteiger partial charge < -0.3 is 0 Å². The number of imidazole rings is 1. The topological polar surface area (TPSA) is 17.8 Å². The molecule has 0 fully saturated rings. The number of para-hydroxylation sites is 2. The molecule has 0 atom stereocenters. The van der Waals surface area contributed by atoms with Crippen LogP contribution in [0.1, 0.15) is 16.8 Å². The number of aromatic nitrogens is 2. The van der Waals surface area contributed by atoms with E-state index in [9.17, 15) is 5.48 Å². The SMILES string of the molecule is [2H]c1c([2H])c([2H])c2c(-c3cccc(-n4c(C)nc5ccccc54)c3)c3c([2H])c([2H])c([2H])c([2H])c3c(-c3cc(-c4ccccc4)cc(-c4ccccc4)c3)c2c1[2H]. The van der Waals surface area contributed by atoms with Gasteiger partial charge in [-0.25, -0.2) is 4.98 Å². The van der Waals surface area contributed by atoms with Crippen molar-refractivity contribution in [2.45, 2.75) is 6.92 Å². The van der Waals surface area contributed by atoms with E-state index in [1.807, 2.05) is 133 Å². The predicted molar refractivity (Wildman–Crippen MR) is 203 cm³/mol. The molecule has 0 amide bonds. The third kappa shape index (κ3) is 4.70. The highest BCUT2D eigenvalue weighted by Gasteiger charge is 2.19. The predicted octanol–water partition coefficient (Wildman–Crippen LogP) is 12.3. The van der Waals surface area contributed by atoms with Crippen molar-refractivity contribution in [2.24, 2.45) is 0 Å². The Morgan fingerprint density at radius 1 is 0.458 bits per heavy atom. The smallest absolute Gasteiger partial charge is 0.111 e. The number of fused-ring (bicyclic) bond motifs is 3. The van der Waals surface area contributed by atoms with Crippen molar-refractivity contribution >= 4 is 32.6 Å². The van der Waals surface area contributed by atoms with Crippen LogP contribution in [-0.2, 0) is 0 Å². The van der Waals surface area contributed by atoms with Crippen molar-refractivity contribution in [1.29, 1.82) is 0 Å². The lowest BCUT2D eigenvalue weighted by Gasteiger charge is -2.19. The molecule has 2 nitrogen and oxygen atoms in total. The standard InChI is InChI=1S/C46H32N2/c1-31-47-43-25-12-13-26-44(43)48(31)38-20-14-19-34(30-38)45-39-21-8-10-23-41(39)46(42-24-11-9-22-40(42)45)37-28-35(32-15-4-2-5-16-32)27-36(29-37)33-17-6-3-7-18-33/h2-30H,1H3/i8D,9D,10D,11D,21D,22D,23D,24D. The third-order valence-corrected chi connectivity index (χ3v) is 8.93. The first-order valence-electron chi connectivity index (χ1n) is 19.8. The first-order valence-corrected chi connectivity index (χ1v) is 15.8. The summed E-state index contributed by atoms with van der Waals surface area (Å²) in [5.74, 6) is 0.741. The molecular weight excluding hydrogens is 581 g/mol. The van der Waals surface area contributed by atoms with E-state index < -0.39 is 24.2 Å². The quantitative estimate of drug-likeness (QED) is 0.175. The monoisotopic (exact) mass is 620 g/mol. The minimum Gasteiger partial charge on any atom is -0.297 e. The number of hydrogen-bond acceptors (Lipinski definition) is 1. The second-order valence-electron chi connectivity index (χ2n) is 11.8. The van der Waals surface area contributed by atoms with Gasteiger partial charge in [0.2, 0.25) is 0 Å². The molecule has 0 N–H and O–H groups in total. The van der Waals surface area contributed by atoms with Gasteiger partial charge in [0.25, 0.3) is 0 Å². The zero-order chi connectivity index (χ0) is 39.0. The molecule has 0 saturated heterocycles. The number of rotatable bonds is 5. The van der Waals surface area contributed by atoms with Gasteiger partial charge >= 0.3 is 0 Å². The van der Waals surface area contributed by atoms with E-state index in [2.05, 4.69) is 6.07 Å². The Morgan fingerprint density at radius 3 is 1.52 bits per heavy atom. The molecule has 1 heterocycles. The Hall–Kier alpha value is -6.25. The highest BCUT2D eigenvalue weighted by Crippen LogP contribution is 2.45. The van der Waals surface area contributed by atoms with E-state index >= 15 is 0 Å². The first-order chi connectivity index (χ1) is 27.0. The molecular formula is C46H32N2. The summed E-state index contributed by atoms with van der Waals surface area (Å²) in [6.45, 7) is 1.91. The van der Waals surface area contributed by atoms with E-state index in [-0.39, 0.29) is 45.7 Å². The minimum absolute atomic E-state index is 0.166. The van der Waals surface area contributed by atoms with Crippen molar-refractivity contribution in [1.82, 2.24) is 9.55 Å². The van der Waals surface area contributed by atoms with Crippen LogP contribution in [0.15, 0.2) is 176 Å². The Morgan fingerprint density at radius 2 is 0.938 bits per heavy atom. The molecule has 0 aliphatic rings. The number of benzene rings is 8. The van der Waals surface area contributed by atoms with Crippen molar-refractivity contribution in [3.63, 3.8) is 0 Å². The van der Waals surface area contributed by atoms with Gasteiger partial charge in [0.15, 0.2) is 0 Å². The van der Waals surface area contributed by atoms with Gasteiger partial charge in [0.05, 0.1) is 22.0 Å². The first kappa shape index (κ1) is 20.8.